The third-order valence-corrected chi connectivity index (χ3v) is 6.04. The van der Waals surface area contributed by atoms with Crippen LogP contribution in [0.25, 0.3) is 11.3 Å². The van der Waals surface area contributed by atoms with Gasteiger partial charge in [0.05, 0.1) is 6.20 Å². The van der Waals surface area contributed by atoms with Crippen molar-refractivity contribution >= 4 is 11.9 Å². The van der Waals surface area contributed by atoms with Gasteiger partial charge >= 0.3 is 6.09 Å². The van der Waals surface area contributed by atoms with Gasteiger partial charge in [0, 0.05) is 83.1 Å². The number of hydrogen-bond acceptors (Lipinski definition) is 7. The zero-order chi connectivity index (χ0) is 23.4. The summed E-state index contributed by atoms with van der Waals surface area (Å²) in [5.74, 6) is 0.904. The molecule has 0 bridgehead atoms. The number of carbonyl (C=O) groups excluding carboxylic acids is 1. The van der Waals surface area contributed by atoms with Crippen LogP contribution in [0.5, 0.6) is 0 Å². The van der Waals surface area contributed by atoms with Crippen molar-refractivity contribution in [2.75, 3.05) is 45.2 Å². The van der Waals surface area contributed by atoms with E-state index < -0.39 is 0 Å². The Balaban J connectivity index is 1.41. The van der Waals surface area contributed by atoms with Crippen molar-refractivity contribution in [1.29, 1.82) is 0 Å². The number of carbonyl (C=O) groups is 1. The van der Waals surface area contributed by atoms with Gasteiger partial charge in [-0.2, -0.15) is 5.10 Å². The van der Waals surface area contributed by atoms with Gasteiger partial charge in [-0.1, -0.05) is 24.3 Å². The van der Waals surface area contributed by atoms with Crippen LogP contribution in [0.15, 0.2) is 42.9 Å². The molecule has 0 unspecified atom stereocenters. The average Bonchev–Trinajstić information content (AvgIpc) is 3.15. The number of nitrogens with zero attached hydrogens (tertiary/aromatic N) is 7. The summed E-state index contributed by atoms with van der Waals surface area (Å²) in [5.41, 5.74) is 5.29. The highest BCUT2D eigenvalue weighted by molar-refractivity contribution is 5.72. The Kier molecular flexibility index (Phi) is 6.88. The molecule has 0 N–H and O–H groups in total. The number of benzene rings is 1. The molecule has 3 aromatic rings. The van der Waals surface area contributed by atoms with Crippen molar-refractivity contribution in [3.63, 3.8) is 0 Å². The zero-order valence-corrected chi connectivity index (χ0v) is 19.7. The van der Waals surface area contributed by atoms with Crippen LogP contribution in [0.3, 0.4) is 0 Å². The Morgan fingerprint density at radius 3 is 2.39 bits per heavy atom. The summed E-state index contributed by atoms with van der Waals surface area (Å²) in [6.45, 7) is 6.97. The van der Waals surface area contributed by atoms with Gasteiger partial charge in [0.25, 0.3) is 0 Å². The fraction of sp³-hybridized carbons (Fsp3) is 0.417. The third kappa shape index (κ3) is 5.31. The lowest BCUT2D eigenvalue weighted by molar-refractivity contribution is 0.112. The fourth-order valence-electron chi connectivity index (χ4n) is 3.86. The maximum absolute atomic E-state index is 11.6. The lowest BCUT2D eigenvalue weighted by atomic mass is 10.1. The van der Waals surface area contributed by atoms with Crippen LogP contribution in [0.2, 0.25) is 0 Å². The van der Waals surface area contributed by atoms with Gasteiger partial charge in [-0.05, 0) is 12.5 Å². The highest BCUT2D eigenvalue weighted by Crippen LogP contribution is 2.28. The van der Waals surface area contributed by atoms with Crippen molar-refractivity contribution in [2.45, 2.75) is 20.1 Å². The Morgan fingerprint density at radius 2 is 1.76 bits per heavy atom. The maximum Gasteiger partial charge on any atom is 0.409 e. The molecule has 0 spiro atoms. The first-order valence-electron chi connectivity index (χ1n) is 11.1. The number of piperazine rings is 1. The minimum Gasteiger partial charge on any atom is -0.445 e. The largest absolute Gasteiger partial charge is 0.445 e. The van der Waals surface area contributed by atoms with Crippen LogP contribution < -0.4 is 4.90 Å². The lowest BCUT2D eigenvalue weighted by Crippen LogP contribution is -2.46. The summed E-state index contributed by atoms with van der Waals surface area (Å²) in [7, 11) is 5.32. The number of ether oxygens (including phenoxy) is 1. The number of hydrogen-bond donors (Lipinski definition) is 0. The fourth-order valence-corrected chi connectivity index (χ4v) is 3.86. The molecule has 0 radical (unpaired) electrons. The van der Waals surface area contributed by atoms with E-state index in [1.54, 1.807) is 26.5 Å². The van der Waals surface area contributed by atoms with E-state index in [1.165, 1.54) is 16.2 Å². The zero-order valence-electron chi connectivity index (χ0n) is 19.7. The Labute approximate surface area is 194 Å². The second-order valence-corrected chi connectivity index (χ2v) is 8.52. The second-order valence-electron chi connectivity index (χ2n) is 8.52. The molecule has 4 rings (SSSR count). The van der Waals surface area contributed by atoms with Crippen molar-refractivity contribution in [2.24, 2.45) is 7.05 Å². The number of rotatable bonds is 6. The first kappa shape index (κ1) is 22.7. The molecule has 1 amide bonds. The summed E-state index contributed by atoms with van der Waals surface area (Å²) < 4.78 is 7.18. The first-order valence-corrected chi connectivity index (χ1v) is 11.1. The predicted molar refractivity (Wildman–Crippen MR) is 127 cm³/mol. The number of aromatic nitrogens is 4. The predicted octanol–water partition coefficient (Wildman–Crippen LogP) is 2.71. The lowest BCUT2D eigenvalue weighted by Gasteiger charge is -2.35. The minimum atomic E-state index is -0.354. The van der Waals surface area contributed by atoms with Gasteiger partial charge in [0.15, 0.2) is 5.82 Å². The highest BCUT2D eigenvalue weighted by atomic mass is 16.6. The minimum absolute atomic E-state index is 0.239. The second kappa shape index (κ2) is 9.99. The Morgan fingerprint density at radius 1 is 1.06 bits per heavy atom. The van der Waals surface area contributed by atoms with Crippen LogP contribution in [0.4, 0.5) is 10.6 Å². The normalized spacial score (nSPS) is 14.4. The van der Waals surface area contributed by atoms with Gasteiger partial charge in [-0.25, -0.2) is 9.78 Å². The molecule has 1 aliphatic rings. The van der Waals surface area contributed by atoms with E-state index in [2.05, 4.69) is 31.8 Å². The van der Waals surface area contributed by atoms with Gasteiger partial charge in [-0.3, -0.25) is 14.6 Å². The topological polar surface area (TPSA) is 79.6 Å². The SMILES string of the molecule is Cc1c(CN2CCN(c3nccnc3-c3ccc(COC(=O)N(C)C)cc3)CC2)cnn1C. The van der Waals surface area contributed by atoms with E-state index in [1.807, 2.05) is 42.2 Å². The smallest absolute Gasteiger partial charge is 0.409 e. The summed E-state index contributed by atoms with van der Waals surface area (Å²) >= 11 is 0. The summed E-state index contributed by atoms with van der Waals surface area (Å²) in [6, 6.07) is 7.94. The maximum atomic E-state index is 11.6. The van der Waals surface area contributed by atoms with Gasteiger partial charge in [0.2, 0.25) is 0 Å². The molecule has 9 heteroatoms. The van der Waals surface area contributed by atoms with Crippen LogP contribution in [0.1, 0.15) is 16.8 Å². The van der Waals surface area contributed by atoms with Crippen LogP contribution in [-0.2, 0) is 24.9 Å². The quantitative estimate of drug-likeness (QED) is 0.572. The molecule has 0 atom stereocenters. The summed E-state index contributed by atoms with van der Waals surface area (Å²) in [6.07, 6.45) is 5.09. The molecule has 33 heavy (non-hydrogen) atoms. The Bertz CT molecular complexity index is 1090. The number of amides is 1. The van der Waals surface area contributed by atoms with Gasteiger partial charge in [0.1, 0.15) is 12.3 Å². The third-order valence-electron chi connectivity index (χ3n) is 6.04. The molecular weight excluding hydrogens is 418 g/mol. The van der Waals surface area contributed by atoms with E-state index in [-0.39, 0.29) is 12.7 Å². The van der Waals surface area contributed by atoms with E-state index >= 15 is 0 Å². The summed E-state index contributed by atoms with van der Waals surface area (Å²) in [4.78, 5) is 27.1. The molecule has 1 saturated heterocycles. The van der Waals surface area contributed by atoms with Crippen molar-refractivity contribution in [3.8, 4) is 11.3 Å². The molecule has 1 aromatic carbocycles. The van der Waals surface area contributed by atoms with E-state index in [4.69, 9.17) is 4.74 Å². The molecule has 1 fully saturated rings. The molecular formula is C24H31N7O2. The number of aryl methyl sites for hydroxylation is 1. The van der Waals surface area contributed by atoms with Crippen LogP contribution in [-0.4, -0.2) is 75.9 Å². The van der Waals surface area contributed by atoms with E-state index in [0.717, 1.165) is 55.4 Å². The Hall–Kier alpha value is -3.46. The summed E-state index contributed by atoms with van der Waals surface area (Å²) in [5, 5.41) is 4.36. The average molecular weight is 450 g/mol. The van der Waals surface area contributed by atoms with Crippen LogP contribution in [0, 0.1) is 6.92 Å². The monoisotopic (exact) mass is 449 g/mol. The van der Waals surface area contributed by atoms with E-state index in [0.29, 0.717) is 0 Å². The molecule has 9 nitrogen and oxygen atoms in total. The van der Waals surface area contributed by atoms with Gasteiger partial charge < -0.3 is 14.5 Å². The first-order chi connectivity index (χ1) is 15.9. The van der Waals surface area contributed by atoms with Crippen molar-refractivity contribution in [1.82, 2.24) is 29.5 Å². The van der Waals surface area contributed by atoms with Crippen molar-refractivity contribution in [3.05, 3.63) is 59.7 Å². The van der Waals surface area contributed by atoms with Crippen LogP contribution >= 0.6 is 0 Å². The van der Waals surface area contributed by atoms with Gasteiger partial charge in [-0.15, -0.1) is 0 Å². The molecule has 0 aliphatic carbocycles. The molecule has 2 aromatic heterocycles. The molecule has 1 aliphatic heterocycles. The molecule has 3 heterocycles. The number of anilines is 1. The van der Waals surface area contributed by atoms with Crippen molar-refractivity contribution < 1.29 is 9.53 Å². The molecule has 0 saturated carbocycles. The highest BCUT2D eigenvalue weighted by Gasteiger charge is 2.22. The van der Waals surface area contributed by atoms with E-state index in [9.17, 15) is 4.79 Å². The molecule has 174 valence electrons. The standard InChI is InChI=1S/C24H31N7O2/c1-18-21(15-27-29(18)4)16-30-11-13-31(14-12-30)23-22(25-9-10-26-23)20-7-5-19(6-8-20)17-33-24(32)28(2)3/h5-10,15H,11-14,16-17H2,1-4H3.